The van der Waals surface area contributed by atoms with Crippen LogP contribution < -0.4 is 5.43 Å². The zero-order valence-electron chi connectivity index (χ0n) is 11.7. The van der Waals surface area contributed by atoms with Crippen LogP contribution in [0.2, 0.25) is 0 Å². The van der Waals surface area contributed by atoms with E-state index in [2.05, 4.69) is 33.1 Å². The molecular formula is C15H19IN2O3. The quantitative estimate of drug-likeness (QED) is 0.288. The van der Waals surface area contributed by atoms with Gasteiger partial charge in [-0.2, -0.15) is 5.10 Å². The van der Waals surface area contributed by atoms with Crippen molar-refractivity contribution in [1.82, 2.24) is 5.43 Å². The summed E-state index contributed by atoms with van der Waals surface area (Å²) in [6.07, 6.45) is 5.35. The minimum absolute atomic E-state index is 0.116. The van der Waals surface area contributed by atoms with Crippen molar-refractivity contribution in [3.05, 3.63) is 33.4 Å². The van der Waals surface area contributed by atoms with Gasteiger partial charge >= 0.3 is 5.97 Å². The zero-order valence-corrected chi connectivity index (χ0v) is 13.9. The van der Waals surface area contributed by atoms with Gasteiger partial charge in [0.15, 0.2) is 0 Å². The number of carbonyl (C=O) groups excluding carboxylic acids is 1. The lowest BCUT2D eigenvalue weighted by atomic mass is 10.1. The molecule has 0 atom stereocenters. The summed E-state index contributed by atoms with van der Waals surface area (Å²) < 4.78 is 1.15. The number of amides is 1. The number of carboxylic acids is 1. The Morgan fingerprint density at radius 1 is 1.10 bits per heavy atom. The molecule has 0 spiro atoms. The Labute approximate surface area is 138 Å². The second-order valence-electron chi connectivity index (χ2n) is 4.65. The second-order valence-corrected chi connectivity index (χ2v) is 5.90. The fourth-order valence-electron chi connectivity index (χ4n) is 1.70. The SMILES string of the molecule is O=C(O)CCCCCCC(=O)N/N=C/c1ccc(I)cc1. The Hall–Kier alpha value is -1.44. The molecule has 0 heterocycles. The van der Waals surface area contributed by atoms with E-state index >= 15 is 0 Å². The first-order chi connectivity index (χ1) is 10.1. The number of carboxylic acid groups (broad SMARTS) is 1. The van der Waals surface area contributed by atoms with Gasteiger partial charge in [-0.25, -0.2) is 5.43 Å². The van der Waals surface area contributed by atoms with Gasteiger partial charge in [0.25, 0.3) is 0 Å². The van der Waals surface area contributed by atoms with Crippen LogP contribution in [-0.2, 0) is 9.59 Å². The normalized spacial score (nSPS) is 10.7. The number of hydrazone groups is 1. The Balaban J connectivity index is 2.11. The summed E-state index contributed by atoms with van der Waals surface area (Å²) in [5, 5.41) is 12.4. The van der Waals surface area contributed by atoms with E-state index in [0.717, 1.165) is 28.4 Å². The minimum atomic E-state index is -0.766. The summed E-state index contributed by atoms with van der Waals surface area (Å²) in [7, 11) is 0. The highest BCUT2D eigenvalue weighted by atomic mass is 127. The van der Waals surface area contributed by atoms with Gasteiger partial charge in [-0.1, -0.05) is 25.0 Å². The van der Waals surface area contributed by atoms with Crippen molar-refractivity contribution in [2.75, 3.05) is 0 Å². The van der Waals surface area contributed by atoms with Crippen molar-refractivity contribution in [2.24, 2.45) is 5.10 Å². The largest absolute Gasteiger partial charge is 0.481 e. The first kappa shape index (κ1) is 17.6. The molecule has 0 aliphatic rings. The summed E-state index contributed by atoms with van der Waals surface area (Å²) in [4.78, 5) is 21.8. The van der Waals surface area contributed by atoms with Gasteiger partial charge in [0.05, 0.1) is 6.21 Å². The smallest absolute Gasteiger partial charge is 0.303 e. The molecule has 1 aromatic rings. The monoisotopic (exact) mass is 402 g/mol. The molecule has 0 saturated carbocycles. The highest BCUT2D eigenvalue weighted by molar-refractivity contribution is 14.1. The molecule has 1 aromatic carbocycles. The summed E-state index contributed by atoms with van der Waals surface area (Å²) >= 11 is 2.23. The fourth-order valence-corrected chi connectivity index (χ4v) is 2.06. The van der Waals surface area contributed by atoms with Crippen LogP contribution in [0, 0.1) is 3.57 Å². The van der Waals surface area contributed by atoms with E-state index in [9.17, 15) is 9.59 Å². The van der Waals surface area contributed by atoms with Gasteiger partial charge in [-0.3, -0.25) is 9.59 Å². The molecule has 0 saturated heterocycles. The van der Waals surface area contributed by atoms with E-state index in [1.165, 1.54) is 0 Å². The number of carbonyl (C=O) groups is 2. The molecule has 21 heavy (non-hydrogen) atoms. The maximum atomic E-state index is 11.5. The van der Waals surface area contributed by atoms with Crippen molar-refractivity contribution < 1.29 is 14.7 Å². The van der Waals surface area contributed by atoms with Gasteiger partial charge in [-0.15, -0.1) is 0 Å². The van der Waals surface area contributed by atoms with Crippen molar-refractivity contribution in [1.29, 1.82) is 0 Å². The van der Waals surface area contributed by atoms with Gasteiger partial charge in [0, 0.05) is 16.4 Å². The molecule has 0 aliphatic heterocycles. The van der Waals surface area contributed by atoms with Gasteiger partial charge < -0.3 is 5.11 Å². The third-order valence-corrected chi connectivity index (χ3v) is 3.54. The van der Waals surface area contributed by atoms with Crippen LogP contribution in [0.15, 0.2) is 29.4 Å². The molecule has 0 aliphatic carbocycles. The molecule has 1 amide bonds. The molecule has 6 heteroatoms. The average Bonchev–Trinajstić information content (AvgIpc) is 2.44. The van der Waals surface area contributed by atoms with E-state index in [4.69, 9.17) is 5.11 Å². The van der Waals surface area contributed by atoms with Crippen LogP contribution in [0.25, 0.3) is 0 Å². The summed E-state index contributed by atoms with van der Waals surface area (Å²) in [6.45, 7) is 0. The van der Waals surface area contributed by atoms with Crippen LogP contribution in [-0.4, -0.2) is 23.2 Å². The molecule has 0 aromatic heterocycles. The topological polar surface area (TPSA) is 78.8 Å². The first-order valence-electron chi connectivity index (χ1n) is 6.87. The van der Waals surface area contributed by atoms with E-state index in [1.54, 1.807) is 6.21 Å². The number of hydrogen-bond donors (Lipinski definition) is 2. The third kappa shape index (κ3) is 9.17. The first-order valence-corrected chi connectivity index (χ1v) is 7.95. The number of benzene rings is 1. The van der Waals surface area contributed by atoms with Crippen LogP contribution in [0.5, 0.6) is 0 Å². The number of nitrogens with zero attached hydrogens (tertiary/aromatic N) is 1. The lowest BCUT2D eigenvalue weighted by Crippen LogP contribution is -2.16. The number of hydrogen-bond acceptors (Lipinski definition) is 3. The summed E-state index contributed by atoms with van der Waals surface area (Å²) in [5.74, 6) is -0.882. The predicted molar refractivity (Wildman–Crippen MR) is 90.2 cm³/mol. The minimum Gasteiger partial charge on any atom is -0.481 e. The summed E-state index contributed by atoms with van der Waals surface area (Å²) in [5.41, 5.74) is 3.42. The van der Waals surface area contributed by atoms with E-state index < -0.39 is 5.97 Å². The zero-order chi connectivity index (χ0) is 15.5. The number of unbranched alkanes of at least 4 members (excludes halogenated alkanes) is 3. The average molecular weight is 402 g/mol. The van der Waals surface area contributed by atoms with Crippen molar-refractivity contribution in [2.45, 2.75) is 38.5 Å². The van der Waals surface area contributed by atoms with Crippen LogP contribution in [0.4, 0.5) is 0 Å². The second kappa shape index (κ2) is 10.3. The molecule has 1 rings (SSSR count). The predicted octanol–water partition coefficient (Wildman–Crippen LogP) is 3.17. The lowest BCUT2D eigenvalue weighted by molar-refractivity contribution is -0.137. The maximum absolute atomic E-state index is 11.5. The Morgan fingerprint density at radius 2 is 1.71 bits per heavy atom. The van der Waals surface area contributed by atoms with Crippen molar-refractivity contribution in [3.63, 3.8) is 0 Å². The van der Waals surface area contributed by atoms with Crippen LogP contribution >= 0.6 is 22.6 Å². The molecule has 2 N–H and O–H groups in total. The number of nitrogens with one attached hydrogen (secondary N) is 1. The van der Waals surface area contributed by atoms with Crippen molar-refractivity contribution >= 4 is 40.7 Å². The van der Waals surface area contributed by atoms with Gasteiger partial charge in [0.2, 0.25) is 5.91 Å². The highest BCUT2D eigenvalue weighted by Gasteiger charge is 2.00. The Kier molecular flexibility index (Phi) is 8.65. The molecule has 114 valence electrons. The van der Waals surface area contributed by atoms with E-state index in [1.807, 2.05) is 24.3 Å². The maximum Gasteiger partial charge on any atom is 0.303 e. The lowest BCUT2D eigenvalue weighted by Gasteiger charge is -2.00. The standard InChI is InChI=1S/C15H19IN2O3/c16-13-9-7-12(8-10-13)11-17-18-14(19)5-3-1-2-4-6-15(20)21/h7-11H,1-6H2,(H,18,19)(H,20,21)/b17-11+. The van der Waals surface area contributed by atoms with Crippen LogP contribution in [0.3, 0.4) is 0 Å². The molecule has 0 unspecified atom stereocenters. The number of rotatable bonds is 9. The van der Waals surface area contributed by atoms with Crippen LogP contribution in [0.1, 0.15) is 44.1 Å². The molecule has 0 radical (unpaired) electrons. The summed E-state index contributed by atoms with van der Waals surface area (Å²) in [6, 6.07) is 7.81. The Bertz CT molecular complexity index is 486. The Morgan fingerprint density at radius 3 is 2.33 bits per heavy atom. The molecule has 5 nitrogen and oxygen atoms in total. The van der Waals surface area contributed by atoms with Crippen molar-refractivity contribution in [3.8, 4) is 0 Å². The number of halogens is 1. The van der Waals surface area contributed by atoms with Gasteiger partial charge in [0.1, 0.15) is 0 Å². The highest BCUT2D eigenvalue weighted by Crippen LogP contribution is 2.06. The fraction of sp³-hybridized carbons (Fsp3) is 0.400. The van der Waals surface area contributed by atoms with E-state index in [0.29, 0.717) is 12.8 Å². The number of aliphatic carboxylic acids is 1. The molecular weight excluding hydrogens is 383 g/mol. The third-order valence-electron chi connectivity index (χ3n) is 2.82. The van der Waals surface area contributed by atoms with E-state index in [-0.39, 0.29) is 12.3 Å². The molecule has 0 bridgehead atoms. The van der Waals surface area contributed by atoms with Gasteiger partial charge in [-0.05, 0) is 53.1 Å². The molecule has 0 fully saturated rings.